The van der Waals surface area contributed by atoms with Crippen molar-refractivity contribution in [2.45, 2.75) is 17.9 Å². The lowest BCUT2D eigenvalue weighted by Gasteiger charge is -2.09. The van der Waals surface area contributed by atoms with E-state index >= 15 is 0 Å². The molecule has 0 fully saturated rings. The van der Waals surface area contributed by atoms with Crippen molar-refractivity contribution in [3.63, 3.8) is 0 Å². The Bertz CT molecular complexity index is 1220. The van der Waals surface area contributed by atoms with Crippen LogP contribution in [0.15, 0.2) is 46.4 Å². The van der Waals surface area contributed by atoms with Gasteiger partial charge in [0.25, 0.3) is 5.91 Å². The van der Waals surface area contributed by atoms with Gasteiger partial charge in [-0.05, 0) is 43.3 Å². The summed E-state index contributed by atoms with van der Waals surface area (Å²) in [4.78, 5) is 12.7. The van der Waals surface area contributed by atoms with Gasteiger partial charge in [-0.15, -0.1) is 0 Å². The molecule has 1 unspecified atom stereocenters. The van der Waals surface area contributed by atoms with E-state index in [0.29, 0.717) is 22.3 Å². The lowest BCUT2D eigenvalue weighted by Crippen LogP contribution is -2.30. The fraction of sp³-hybridized carbons (Fsp3) is 0.167. The minimum atomic E-state index is -3.74. The molecular weight excluding hydrogens is 396 g/mol. The van der Waals surface area contributed by atoms with Gasteiger partial charge in [0.2, 0.25) is 10.0 Å². The number of rotatable bonds is 6. The van der Waals surface area contributed by atoms with Gasteiger partial charge in [0.15, 0.2) is 5.69 Å². The molecule has 3 aromatic rings. The van der Waals surface area contributed by atoms with E-state index in [1.807, 2.05) is 0 Å². The first-order chi connectivity index (χ1) is 13.8. The van der Waals surface area contributed by atoms with Gasteiger partial charge in [-0.1, -0.05) is 0 Å². The molecule has 0 spiro atoms. The van der Waals surface area contributed by atoms with E-state index < -0.39 is 22.0 Å². The van der Waals surface area contributed by atoms with Gasteiger partial charge in [-0.25, -0.2) is 13.1 Å². The van der Waals surface area contributed by atoms with E-state index in [-0.39, 0.29) is 17.1 Å². The number of hydrogen-bond acceptors (Lipinski definition) is 6. The van der Waals surface area contributed by atoms with Crippen LogP contribution in [0.25, 0.3) is 10.9 Å². The Hall–Kier alpha value is -3.28. The number of carbonyl (C=O) groups is 1. The standard InChI is InChI=1S/C18H17N6O4S/c1-10(25)8-20-29(27,28)12-4-2-11(3-5-12)21-18(26)17-13-6-7-15-14(9-19-22-15)16(13)23-24-17/h2-7,9-10,20,25H,8H2,1H3,(H,21,26)(H,23,24). The Morgan fingerprint density at radius 1 is 1.21 bits per heavy atom. The molecule has 2 aromatic carbocycles. The second kappa shape index (κ2) is 7.28. The largest absolute Gasteiger partial charge is 0.392 e. The minimum absolute atomic E-state index is 0.0277. The number of fused-ring (bicyclic) bond motifs is 3. The summed E-state index contributed by atoms with van der Waals surface area (Å²) in [6.07, 6.45) is 0.801. The van der Waals surface area contributed by atoms with Crippen LogP contribution in [0.1, 0.15) is 23.0 Å². The number of aliphatic hydroxyl groups excluding tert-OH is 1. The van der Waals surface area contributed by atoms with Gasteiger partial charge in [0, 0.05) is 23.2 Å². The molecule has 1 amide bonds. The molecule has 1 radical (unpaired) electrons. The Morgan fingerprint density at radius 2 is 1.97 bits per heavy atom. The molecule has 1 aliphatic heterocycles. The van der Waals surface area contributed by atoms with Gasteiger partial charge in [-0.3, -0.25) is 9.89 Å². The highest BCUT2D eigenvalue weighted by Gasteiger charge is 2.20. The molecule has 149 valence electrons. The molecule has 0 bridgehead atoms. The fourth-order valence-electron chi connectivity index (χ4n) is 2.86. The van der Waals surface area contributed by atoms with E-state index in [9.17, 15) is 18.3 Å². The molecule has 1 atom stereocenters. The van der Waals surface area contributed by atoms with Crippen LogP contribution in [-0.4, -0.2) is 48.5 Å². The quantitative estimate of drug-likeness (QED) is 0.476. The number of nitrogens with one attached hydrogen (secondary N) is 3. The maximum Gasteiger partial charge on any atom is 0.276 e. The van der Waals surface area contributed by atoms with E-state index in [4.69, 9.17) is 0 Å². The van der Waals surface area contributed by atoms with Crippen LogP contribution in [0, 0.1) is 0 Å². The van der Waals surface area contributed by atoms with Crippen LogP contribution in [0.3, 0.4) is 0 Å². The topological polar surface area (TPSA) is 151 Å². The molecule has 0 aliphatic carbocycles. The Kier molecular flexibility index (Phi) is 4.78. The second-order valence-corrected chi connectivity index (χ2v) is 8.28. The lowest BCUT2D eigenvalue weighted by atomic mass is 10.1. The van der Waals surface area contributed by atoms with Gasteiger partial charge >= 0.3 is 0 Å². The summed E-state index contributed by atoms with van der Waals surface area (Å²) in [5.41, 5.74) is 6.74. The third-order valence-electron chi connectivity index (χ3n) is 4.32. The van der Waals surface area contributed by atoms with Crippen molar-refractivity contribution < 1.29 is 18.3 Å². The first kappa shape index (κ1) is 19.1. The van der Waals surface area contributed by atoms with Gasteiger partial charge in [0.05, 0.1) is 28.4 Å². The van der Waals surface area contributed by atoms with E-state index in [0.717, 1.165) is 5.56 Å². The average Bonchev–Trinajstić information content (AvgIpc) is 3.33. The zero-order valence-electron chi connectivity index (χ0n) is 15.2. The highest BCUT2D eigenvalue weighted by molar-refractivity contribution is 7.89. The Balaban J connectivity index is 1.52. The van der Waals surface area contributed by atoms with Crippen LogP contribution in [0.5, 0.6) is 0 Å². The molecule has 1 aliphatic rings. The number of H-pyrrole nitrogens is 1. The van der Waals surface area contributed by atoms with Crippen LogP contribution in [-0.2, 0) is 10.0 Å². The van der Waals surface area contributed by atoms with Crippen molar-refractivity contribution in [3.05, 3.63) is 47.7 Å². The van der Waals surface area contributed by atoms with Crippen LogP contribution < -0.4 is 15.5 Å². The van der Waals surface area contributed by atoms with Gasteiger partial charge in [-0.2, -0.15) is 15.6 Å². The summed E-state index contributed by atoms with van der Waals surface area (Å²) in [5.74, 6) is -0.439. The average molecular weight is 413 g/mol. The van der Waals surface area contributed by atoms with Crippen molar-refractivity contribution in [1.82, 2.24) is 20.3 Å². The zero-order chi connectivity index (χ0) is 20.6. The van der Waals surface area contributed by atoms with Crippen molar-refractivity contribution in [1.29, 1.82) is 0 Å². The molecule has 29 heavy (non-hydrogen) atoms. The third kappa shape index (κ3) is 3.70. The highest BCUT2D eigenvalue weighted by Crippen LogP contribution is 2.28. The molecule has 11 heteroatoms. The molecule has 4 rings (SSSR count). The highest BCUT2D eigenvalue weighted by atomic mass is 32.2. The number of nitrogens with zero attached hydrogens (tertiary/aromatic N) is 3. The summed E-state index contributed by atoms with van der Waals surface area (Å²) < 4.78 is 26.6. The predicted molar refractivity (Wildman–Crippen MR) is 107 cm³/mol. The maximum absolute atomic E-state index is 12.6. The summed E-state index contributed by atoms with van der Waals surface area (Å²) in [7, 11) is -3.74. The van der Waals surface area contributed by atoms with Crippen molar-refractivity contribution in [2.75, 3.05) is 11.9 Å². The molecule has 1 aromatic heterocycles. The smallest absolute Gasteiger partial charge is 0.276 e. The van der Waals surface area contributed by atoms with Gasteiger partial charge < -0.3 is 10.4 Å². The number of anilines is 1. The lowest BCUT2D eigenvalue weighted by molar-refractivity contribution is 0.102. The number of amides is 1. The van der Waals surface area contributed by atoms with Crippen molar-refractivity contribution >= 4 is 44.4 Å². The summed E-state index contributed by atoms with van der Waals surface area (Å²) in [6.45, 7) is 1.39. The van der Waals surface area contributed by atoms with Gasteiger partial charge in [0.1, 0.15) is 0 Å². The van der Waals surface area contributed by atoms with E-state index in [2.05, 4.69) is 30.8 Å². The molecule has 0 saturated carbocycles. The number of aliphatic hydroxyl groups is 1. The Labute approximate surface area is 166 Å². The number of aromatic amines is 1. The third-order valence-corrected chi connectivity index (χ3v) is 5.76. The monoisotopic (exact) mass is 413 g/mol. The number of hydrogen-bond donors (Lipinski definition) is 4. The SMILES string of the molecule is CC(O)CNS(=O)(=O)c1ccc(NC(=O)c2n[nH]c3c4c(ccc23)[N]N=C4)cc1. The maximum atomic E-state index is 12.6. The summed E-state index contributed by atoms with van der Waals surface area (Å²) >= 11 is 0. The molecule has 10 nitrogen and oxygen atoms in total. The summed E-state index contributed by atoms with van der Waals surface area (Å²) in [5, 5.41) is 23.3. The number of sulfonamides is 1. The van der Waals surface area contributed by atoms with Crippen molar-refractivity contribution in [2.24, 2.45) is 5.10 Å². The van der Waals surface area contributed by atoms with E-state index in [1.165, 1.54) is 31.2 Å². The second-order valence-electron chi connectivity index (χ2n) is 6.52. The first-order valence-corrected chi connectivity index (χ1v) is 10.2. The van der Waals surface area contributed by atoms with Crippen LogP contribution >= 0.6 is 0 Å². The zero-order valence-corrected chi connectivity index (χ0v) is 16.1. The minimum Gasteiger partial charge on any atom is -0.392 e. The first-order valence-electron chi connectivity index (χ1n) is 8.69. The predicted octanol–water partition coefficient (Wildman–Crippen LogP) is 1.06. The number of aromatic nitrogens is 2. The van der Waals surface area contributed by atoms with Crippen LogP contribution in [0.4, 0.5) is 11.4 Å². The normalized spacial score (nSPS) is 13.9. The Morgan fingerprint density at radius 3 is 2.69 bits per heavy atom. The van der Waals surface area contributed by atoms with Crippen molar-refractivity contribution in [3.8, 4) is 0 Å². The molecule has 4 N–H and O–H groups in total. The molecular formula is C18H17N6O4S. The van der Waals surface area contributed by atoms with E-state index in [1.54, 1.807) is 18.3 Å². The fourth-order valence-corrected chi connectivity index (χ4v) is 3.98. The number of benzene rings is 2. The van der Waals surface area contributed by atoms with Crippen LogP contribution in [0.2, 0.25) is 0 Å². The number of carbonyl (C=O) groups excluding carboxylic acids is 1. The molecule has 0 saturated heterocycles. The molecule has 2 heterocycles. The summed E-state index contributed by atoms with van der Waals surface area (Å²) in [6, 6.07) is 9.20.